The zero-order chi connectivity index (χ0) is 10.4. The molecule has 0 aliphatic rings. The van der Waals surface area contributed by atoms with Crippen LogP contribution in [-0.2, 0) is 5.75 Å². The number of hydrogen-bond donors (Lipinski definition) is 1. The van der Waals surface area contributed by atoms with E-state index in [1.807, 2.05) is 11.8 Å². The van der Waals surface area contributed by atoms with Gasteiger partial charge in [-0.3, -0.25) is 0 Å². The van der Waals surface area contributed by atoms with Crippen molar-refractivity contribution in [1.29, 1.82) is 0 Å². The Morgan fingerprint density at radius 2 is 2.29 bits per heavy atom. The Kier molecular flexibility index (Phi) is 5.25. The van der Waals surface area contributed by atoms with Crippen LogP contribution in [0.15, 0.2) is 0 Å². The Labute approximate surface area is 93.9 Å². The quantitative estimate of drug-likeness (QED) is 0.816. The van der Waals surface area contributed by atoms with Crippen LogP contribution in [0.4, 0.5) is 5.13 Å². The van der Waals surface area contributed by atoms with E-state index in [1.54, 1.807) is 0 Å². The van der Waals surface area contributed by atoms with Gasteiger partial charge in [-0.2, -0.15) is 16.1 Å². The SMILES string of the molecule is CCNc1nc(CSC(C)CC)ns1. The highest BCUT2D eigenvalue weighted by atomic mass is 32.2. The lowest BCUT2D eigenvalue weighted by Crippen LogP contribution is -1.97. The van der Waals surface area contributed by atoms with Crippen molar-refractivity contribution >= 4 is 28.4 Å². The summed E-state index contributed by atoms with van der Waals surface area (Å²) in [6, 6.07) is 0. The highest BCUT2D eigenvalue weighted by Gasteiger charge is 2.05. The first-order chi connectivity index (χ1) is 6.76. The van der Waals surface area contributed by atoms with Crippen LogP contribution in [0.3, 0.4) is 0 Å². The maximum absolute atomic E-state index is 4.38. The van der Waals surface area contributed by atoms with E-state index in [1.165, 1.54) is 18.0 Å². The number of aromatic nitrogens is 2. The van der Waals surface area contributed by atoms with Crippen molar-refractivity contribution in [3.63, 3.8) is 0 Å². The third-order valence-corrected chi connectivity index (χ3v) is 3.91. The first-order valence-electron chi connectivity index (χ1n) is 4.94. The van der Waals surface area contributed by atoms with Crippen molar-refractivity contribution < 1.29 is 0 Å². The van der Waals surface area contributed by atoms with Gasteiger partial charge in [-0.1, -0.05) is 13.8 Å². The molecule has 80 valence electrons. The van der Waals surface area contributed by atoms with Crippen molar-refractivity contribution in [3.05, 3.63) is 5.82 Å². The summed E-state index contributed by atoms with van der Waals surface area (Å²) in [4.78, 5) is 4.38. The highest BCUT2D eigenvalue weighted by Crippen LogP contribution is 2.20. The molecule has 5 heteroatoms. The summed E-state index contributed by atoms with van der Waals surface area (Å²) in [6.45, 7) is 7.42. The first-order valence-corrected chi connectivity index (χ1v) is 6.76. The second-order valence-electron chi connectivity index (χ2n) is 3.08. The monoisotopic (exact) mass is 231 g/mol. The molecule has 1 atom stereocenters. The molecule has 0 radical (unpaired) electrons. The van der Waals surface area contributed by atoms with Gasteiger partial charge in [-0.05, 0) is 13.3 Å². The van der Waals surface area contributed by atoms with E-state index < -0.39 is 0 Å². The van der Waals surface area contributed by atoms with Gasteiger partial charge in [0.2, 0.25) is 5.13 Å². The average molecular weight is 231 g/mol. The van der Waals surface area contributed by atoms with Gasteiger partial charge in [0, 0.05) is 23.3 Å². The Morgan fingerprint density at radius 1 is 1.50 bits per heavy atom. The maximum Gasteiger partial charge on any atom is 0.202 e. The van der Waals surface area contributed by atoms with Crippen molar-refractivity contribution in [2.45, 2.75) is 38.2 Å². The molecule has 0 saturated carbocycles. The minimum Gasteiger partial charge on any atom is -0.361 e. The van der Waals surface area contributed by atoms with Crippen LogP contribution in [0.25, 0.3) is 0 Å². The third-order valence-electron chi connectivity index (χ3n) is 1.87. The number of anilines is 1. The molecule has 1 rings (SSSR count). The zero-order valence-corrected chi connectivity index (χ0v) is 10.5. The lowest BCUT2D eigenvalue weighted by molar-refractivity contribution is 0.903. The smallest absolute Gasteiger partial charge is 0.202 e. The molecular formula is C9H17N3S2. The van der Waals surface area contributed by atoms with Gasteiger partial charge < -0.3 is 5.32 Å². The van der Waals surface area contributed by atoms with E-state index in [9.17, 15) is 0 Å². The molecule has 0 aliphatic carbocycles. The summed E-state index contributed by atoms with van der Waals surface area (Å²) in [6.07, 6.45) is 1.20. The van der Waals surface area contributed by atoms with Gasteiger partial charge in [0.15, 0.2) is 5.82 Å². The number of rotatable bonds is 6. The number of nitrogens with one attached hydrogen (secondary N) is 1. The number of nitrogens with zero attached hydrogens (tertiary/aromatic N) is 2. The van der Waals surface area contributed by atoms with Crippen molar-refractivity contribution in [3.8, 4) is 0 Å². The molecule has 0 aliphatic heterocycles. The summed E-state index contributed by atoms with van der Waals surface area (Å²) >= 11 is 3.36. The lowest BCUT2D eigenvalue weighted by Gasteiger charge is -2.04. The molecule has 0 fully saturated rings. The van der Waals surface area contributed by atoms with E-state index in [-0.39, 0.29) is 0 Å². The molecule has 1 N–H and O–H groups in total. The second kappa shape index (κ2) is 6.24. The minimum absolute atomic E-state index is 0.695. The molecule has 0 bridgehead atoms. The summed E-state index contributed by atoms with van der Waals surface area (Å²) in [5.74, 6) is 1.88. The Balaban J connectivity index is 2.35. The fourth-order valence-electron chi connectivity index (χ4n) is 0.870. The molecule has 14 heavy (non-hydrogen) atoms. The molecule has 0 aromatic carbocycles. The van der Waals surface area contributed by atoms with Crippen LogP contribution < -0.4 is 5.32 Å². The van der Waals surface area contributed by atoms with Crippen LogP contribution in [-0.4, -0.2) is 21.2 Å². The Hall–Kier alpha value is -0.290. The maximum atomic E-state index is 4.38. The largest absolute Gasteiger partial charge is 0.361 e. The number of hydrogen-bond acceptors (Lipinski definition) is 5. The van der Waals surface area contributed by atoms with Gasteiger partial charge in [0.25, 0.3) is 0 Å². The molecule has 1 unspecified atom stereocenters. The normalized spacial score (nSPS) is 12.8. The van der Waals surface area contributed by atoms with Crippen LogP contribution in [0.5, 0.6) is 0 Å². The standard InChI is InChI=1S/C9H17N3S2/c1-4-7(3)13-6-8-11-9(10-5-2)14-12-8/h7H,4-6H2,1-3H3,(H,10,11,12). The first kappa shape index (κ1) is 11.8. The summed E-state index contributed by atoms with van der Waals surface area (Å²) < 4.78 is 4.29. The average Bonchev–Trinajstić information content (AvgIpc) is 2.63. The molecular weight excluding hydrogens is 214 g/mol. The van der Waals surface area contributed by atoms with E-state index in [0.29, 0.717) is 5.25 Å². The summed E-state index contributed by atoms with van der Waals surface area (Å²) in [5.41, 5.74) is 0. The van der Waals surface area contributed by atoms with Crippen LogP contribution in [0, 0.1) is 0 Å². The lowest BCUT2D eigenvalue weighted by atomic mass is 10.4. The third kappa shape index (κ3) is 3.84. The highest BCUT2D eigenvalue weighted by molar-refractivity contribution is 7.99. The van der Waals surface area contributed by atoms with Gasteiger partial charge in [-0.15, -0.1) is 0 Å². The van der Waals surface area contributed by atoms with Gasteiger partial charge in [0.1, 0.15) is 0 Å². The molecule has 1 aromatic rings. The fourth-order valence-corrected chi connectivity index (χ4v) is 2.40. The van der Waals surface area contributed by atoms with Gasteiger partial charge in [-0.25, -0.2) is 4.98 Å². The summed E-state index contributed by atoms with van der Waals surface area (Å²) in [5, 5.41) is 4.80. The number of thioether (sulfide) groups is 1. The fraction of sp³-hybridized carbons (Fsp3) is 0.778. The van der Waals surface area contributed by atoms with E-state index in [4.69, 9.17) is 0 Å². The van der Waals surface area contributed by atoms with E-state index in [0.717, 1.165) is 23.3 Å². The Bertz CT molecular complexity index is 262. The predicted octanol–water partition coefficient (Wildman–Crippen LogP) is 3.00. The molecule has 3 nitrogen and oxygen atoms in total. The topological polar surface area (TPSA) is 37.8 Å². The Morgan fingerprint density at radius 3 is 2.93 bits per heavy atom. The van der Waals surface area contributed by atoms with E-state index >= 15 is 0 Å². The van der Waals surface area contributed by atoms with Crippen LogP contribution >= 0.6 is 23.3 Å². The second-order valence-corrected chi connectivity index (χ2v) is 5.25. The summed E-state index contributed by atoms with van der Waals surface area (Å²) in [7, 11) is 0. The van der Waals surface area contributed by atoms with Crippen molar-refractivity contribution in [2.24, 2.45) is 0 Å². The zero-order valence-electron chi connectivity index (χ0n) is 8.91. The van der Waals surface area contributed by atoms with Gasteiger partial charge in [0.05, 0.1) is 5.75 Å². The molecule has 1 heterocycles. The van der Waals surface area contributed by atoms with E-state index in [2.05, 4.69) is 35.4 Å². The van der Waals surface area contributed by atoms with Crippen molar-refractivity contribution in [1.82, 2.24) is 9.36 Å². The van der Waals surface area contributed by atoms with Gasteiger partial charge >= 0.3 is 0 Å². The molecule has 0 amide bonds. The van der Waals surface area contributed by atoms with Crippen LogP contribution in [0.2, 0.25) is 0 Å². The molecule has 1 aromatic heterocycles. The molecule has 0 spiro atoms. The minimum atomic E-state index is 0.695. The van der Waals surface area contributed by atoms with Crippen molar-refractivity contribution in [2.75, 3.05) is 11.9 Å². The predicted molar refractivity (Wildman–Crippen MR) is 65.1 cm³/mol. The van der Waals surface area contributed by atoms with Crippen LogP contribution in [0.1, 0.15) is 33.0 Å². The molecule has 0 saturated heterocycles.